The molecule has 0 aliphatic carbocycles. The Balaban J connectivity index is 2.12. The van der Waals surface area contributed by atoms with E-state index < -0.39 is 5.97 Å². The van der Waals surface area contributed by atoms with Crippen LogP contribution in [0, 0.1) is 0 Å². The lowest BCUT2D eigenvalue weighted by atomic mass is 10.2. The number of benzene rings is 1. The number of carboxylic acids is 1. The number of carboxylic acid groups (broad SMARTS) is 1. The molecule has 16 heavy (non-hydrogen) atoms. The Morgan fingerprint density at radius 2 is 2.06 bits per heavy atom. The summed E-state index contributed by atoms with van der Waals surface area (Å²) in [6.07, 6.45) is 1.62. The third kappa shape index (κ3) is 5.14. The molecule has 0 aliphatic rings. The van der Waals surface area contributed by atoms with Gasteiger partial charge in [0.25, 0.3) is 0 Å². The van der Waals surface area contributed by atoms with Crippen LogP contribution in [0.15, 0.2) is 24.3 Å². The van der Waals surface area contributed by atoms with Crippen LogP contribution in [-0.2, 0) is 16.1 Å². The first-order valence-corrected chi connectivity index (χ1v) is 5.61. The Labute approximate surface area is 100.0 Å². The van der Waals surface area contributed by atoms with Gasteiger partial charge in [0.05, 0.1) is 6.61 Å². The maximum absolute atomic E-state index is 10.2. The van der Waals surface area contributed by atoms with Crippen molar-refractivity contribution in [2.24, 2.45) is 0 Å². The van der Waals surface area contributed by atoms with Gasteiger partial charge in [0.1, 0.15) is 0 Å². The van der Waals surface area contributed by atoms with Crippen LogP contribution in [0.2, 0.25) is 5.02 Å². The Hall–Kier alpha value is -1.06. The molecule has 0 radical (unpaired) electrons. The van der Waals surface area contributed by atoms with Crippen molar-refractivity contribution in [3.8, 4) is 0 Å². The lowest BCUT2D eigenvalue weighted by Gasteiger charge is -2.05. The van der Waals surface area contributed by atoms with Crippen molar-refractivity contribution in [3.05, 3.63) is 34.9 Å². The highest BCUT2D eigenvalue weighted by Crippen LogP contribution is 2.15. The van der Waals surface area contributed by atoms with Crippen LogP contribution in [0.5, 0.6) is 0 Å². The largest absolute Gasteiger partial charge is 0.481 e. The number of unbranched alkanes of at least 4 members (excludes halogenated alkanes) is 1. The van der Waals surface area contributed by atoms with Gasteiger partial charge in [0.2, 0.25) is 0 Å². The minimum atomic E-state index is -0.758. The van der Waals surface area contributed by atoms with E-state index in [1.54, 1.807) is 0 Å². The van der Waals surface area contributed by atoms with Crippen LogP contribution in [0.4, 0.5) is 0 Å². The number of ether oxygens (including phenoxy) is 1. The molecule has 0 bridgehead atoms. The Morgan fingerprint density at radius 1 is 1.31 bits per heavy atom. The second-order valence-electron chi connectivity index (χ2n) is 3.49. The molecule has 0 saturated heterocycles. The van der Waals surface area contributed by atoms with E-state index in [0.29, 0.717) is 24.7 Å². The van der Waals surface area contributed by atoms with E-state index in [1.165, 1.54) is 0 Å². The standard InChI is InChI=1S/C12H15ClO3/c13-11-6-2-1-5-10(11)9-16-8-4-3-7-12(14)15/h1-2,5-6H,3-4,7-9H2,(H,14,15). The first-order valence-electron chi connectivity index (χ1n) is 5.23. The number of hydrogen-bond acceptors (Lipinski definition) is 2. The molecular formula is C12H15ClO3. The number of rotatable bonds is 7. The quantitative estimate of drug-likeness (QED) is 0.748. The monoisotopic (exact) mass is 242 g/mol. The summed E-state index contributed by atoms with van der Waals surface area (Å²) in [6, 6.07) is 7.53. The molecule has 0 amide bonds. The zero-order valence-corrected chi connectivity index (χ0v) is 9.74. The highest BCUT2D eigenvalue weighted by molar-refractivity contribution is 6.31. The van der Waals surface area contributed by atoms with Gasteiger partial charge in [0.15, 0.2) is 0 Å². The summed E-state index contributed by atoms with van der Waals surface area (Å²) in [5.74, 6) is -0.758. The number of aliphatic carboxylic acids is 1. The molecule has 3 nitrogen and oxygen atoms in total. The summed E-state index contributed by atoms with van der Waals surface area (Å²) >= 11 is 5.95. The molecule has 0 atom stereocenters. The van der Waals surface area contributed by atoms with Gasteiger partial charge < -0.3 is 9.84 Å². The third-order valence-electron chi connectivity index (χ3n) is 2.14. The van der Waals surface area contributed by atoms with Crippen LogP contribution >= 0.6 is 11.6 Å². The fraction of sp³-hybridized carbons (Fsp3) is 0.417. The van der Waals surface area contributed by atoms with Crippen LogP contribution < -0.4 is 0 Å². The summed E-state index contributed by atoms with van der Waals surface area (Å²) in [5, 5.41) is 9.13. The Kier molecular flexibility index (Phi) is 5.90. The van der Waals surface area contributed by atoms with E-state index in [0.717, 1.165) is 12.0 Å². The second kappa shape index (κ2) is 7.25. The third-order valence-corrected chi connectivity index (χ3v) is 2.51. The van der Waals surface area contributed by atoms with Crippen molar-refractivity contribution < 1.29 is 14.6 Å². The van der Waals surface area contributed by atoms with Crippen molar-refractivity contribution >= 4 is 17.6 Å². The van der Waals surface area contributed by atoms with E-state index in [4.69, 9.17) is 21.4 Å². The van der Waals surface area contributed by atoms with Gasteiger partial charge in [-0.3, -0.25) is 4.79 Å². The van der Waals surface area contributed by atoms with E-state index >= 15 is 0 Å². The number of halogens is 1. The molecule has 4 heteroatoms. The highest BCUT2D eigenvalue weighted by Gasteiger charge is 1.99. The van der Waals surface area contributed by atoms with E-state index in [1.807, 2.05) is 24.3 Å². The average molecular weight is 243 g/mol. The van der Waals surface area contributed by atoms with Crippen molar-refractivity contribution in [1.29, 1.82) is 0 Å². The molecule has 0 aliphatic heterocycles. The van der Waals surface area contributed by atoms with Crippen LogP contribution in [0.25, 0.3) is 0 Å². The summed E-state index contributed by atoms with van der Waals surface area (Å²) in [5.41, 5.74) is 0.961. The van der Waals surface area contributed by atoms with Gasteiger partial charge in [-0.2, -0.15) is 0 Å². The Bertz CT molecular complexity index is 339. The van der Waals surface area contributed by atoms with E-state index in [9.17, 15) is 4.79 Å². The molecule has 0 unspecified atom stereocenters. The van der Waals surface area contributed by atoms with Crippen molar-refractivity contribution in [2.75, 3.05) is 6.61 Å². The molecule has 1 aromatic rings. The van der Waals surface area contributed by atoms with E-state index in [2.05, 4.69) is 0 Å². The van der Waals surface area contributed by atoms with Crippen molar-refractivity contribution in [2.45, 2.75) is 25.9 Å². The van der Waals surface area contributed by atoms with Gasteiger partial charge in [-0.05, 0) is 24.5 Å². The second-order valence-corrected chi connectivity index (χ2v) is 3.90. The predicted molar refractivity (Wildman–Crippen MR) is 62.6 cm³/mol. The molecule has 0 spiro atoms. The van der Waals surface area contributed by atoms with Gasteiger partial charge in [-0.15, -0.1) is 0 Å². The van der Waals surface area contributed by atoms with Crippen LogP contribution in [0.1, 0.15) is 24.8 Å². The molecule has 1 rings (SSSR count). The zero-order chi connectivity index (χ0) is 11.8. The zero-order valence-electron chi connectivity index (χ0n) is 8.99. The molecule has 1 N–H and O–H groups in total. The fourth-order valence-corrected chi connectivity index (χ4v) is 1.47. The SMILES string of the molecule is O=C(O)CCCCOCc1ccccc1Cl. The van der Waals surface area contributed by atoms with Crippen LogP contribution in [0.3, 0.4) is 0 Å². The molecule has 0 aromatic heterocycles. The summed E-state index contributed by atoms with van der Waals surface area (Å²) in [4.78, 5) is 10.2. The number of hydrogen-bond donors (Lipinski definition) is 1. The molecule has 0 heterocycles. The summed E-state index contributed by atoms with van der Waals surface area (Å²) in [7, 11) is 0. The van der Waals surface area contributed by atoms with Gasteiger partial charge in [-0.25, -0.2) is 0 Å². The smallest absolute Gasteiger partial charge is 0.303 e. The maximum atomic E-state index is 10.2. The van der Waals surface area contributed by atoms with Gasteiger partial charge in [-0.1, -0.05) is 29.8 Å². The highest BCUT2D eigenvalue weighted by atomic mass is 35.5. The first kappa shape index (κ1) is 13.0. The first-order chi connectivity index (χ1) is 7.70. The fourth-order valence-electron chi connectivity index (χ4n) is 1.28. The van der Waals surface area contributed by atoms with Gasteiger partial charge >= 0.3 is 5.97 Å². The minimum Gasteiger partial charge on any atom is -0.481 e. The maximum Gasteiger partial charge on any atom is 0.303 e. The van der Waals surface area contributed by atoms with Crippen molar-refractivity contribution in [1.82, 2.24) is 0 Å². The predicted octanol–water partition coefficient (Wildman–Crippen LogP) is 3.11. The molecule has 0 fully saturated rings. The molecule has 0 saturated carbocycles. The Morgan fingerprint density at radius 3 is 2.75 bits per heavy atom. The lowest BCUT2D eigenvalue weighted by Crippen LogP contribution is -1.99. The minimum absolute atomic E-state index is 0.204. The summed E-state index contributed by atoms with van der Waals surface area (Å²) < 4.78 is 5.40. The van der Waals surface area contributed by atoms with Crippen LogP contribution in [-0.4, -0.2) is 17.7 Å². The van der Waals surface area contributed by atoms with Gasteiger partial charge in [0, 0.05) is 18.1 Å². The molecule has 88 valence electrons. The number of carbonyl (C=O) groups is 1. The molecule has 1 aromatic carbocycles. The summed E-state index contributed by atoms with van der Waals surface area (Å²) in [6.45, 7) is 1.05. The normalized spacial score (nSPS) is 10.3. The molecular weight excluding hydrogens is 228 g/mol. The lowest BCUT2D eigenvalue weighted by molar-refractivity contribution is -0.137. The average Bonchev–Trinajstić information content (AvgIpc) is 2.25. The topological polar surface area (TPSA) is 46.5 Å². The van der Waals surface area contributed by atoms with Crippen molar-refractivity contribution in [3.63, 3.8) is 0 Å². The van der Waals surface area contributed by atoms with E-state index in [-0.39, 0.29) is 6.42 Å².